The van der Waals surface area contributed by atoms with Crippen LogP contribution in [-0.2, 0) is 4.79 Å². The summed E-state index contributed by atoms with van der Waals surface area (Å²) in [5.74, 6) is 1.76. The molecule has 1 amide bonds. The summed E-state index contributed by atoms with van der Waals surface area (Å²) in [6.07, 6.45) is 0. The lowest BCUT2D eigenvalue weighted by molar-refractivity contribution is -0.117. The predicted octanol–water partition coefficient (Wildman–Crippen LogP) is 3.18. The number of carbonyl (C=O) groups excluding carboxylic acids is 1. The Morgan fingerprint density at radius 1 is 1.08 bits per heavy atom. The maximum absolute atomic E-state index is 12.6. The molecule has 2 aliphatic rings. The van der Waals surface area contributed by atoms with Crippen LogP contribution in [0.5, 0.6) is 17.2 Å². The van der Waals surface area contributed by atoms with Crippen molar-refractivity contribution in [1.29, 1.82) is 0 Å². The zero-order valence-electron chi connectivity index (χ0n) is 13.2. The van der Waals surface area contributed by atoms with E-state index in [2.05, 4.69) is 10.3 Å². The Kier molecular flexibility index (Phi) is 3.27. The van der Waals surface area contributed by atoms with Crippen molar-refractivity contribution in [2.24, 2.45) is 0 Å². The van der Waals surface area contributed by atoms with E-state index in [0.29, 0.717) is 30.7 Å². The smallest absolute Gasteiger partial charge is 0.237 e. The van der Waals surface area contributed by atoms with Gasteiger partial charge in [0.1, 0.15) is 31.5 Å². The van der Waals surface area contributed by atoms with E-state index < -0.39 is 0 Å². The molecule has 1 N–H and O–H groups in total. The Balaban J connectivity index is 1.41. The van der Waals surface area contributed by atoms with E-state index in [0.717, 1.165) is 27.3 Å². The number of anilines is 1. The highest BCUT2D eigenvalue weighted by Gasteiger charge is 2.30. The van der Waals surface area contributed by atoms with Gasteiger partial charge in [0.25, 0.3) is 0 Å². The summed E-state index contributed by atoms with van der Waals surface area (Å²) in [5, 5.41) is 3.47. The molecule has 1 atom stereocenters. The van der Waals surface area contributed by atoms with E-state index in [1.54, 1.807) is 0 Å². The molecule has 0 fully saturated rings. The molecule has 0 spiro atoms. The van der Waals surface area contributed by atoms with Crippen LogP contribution in [0, 0.1) is 0 Å². The summed E-state index contributed by atoms with van der Waals surface area (Å²) in [6.45, 7) is 1.43. The number of carbonyl (C=O) groups is 1. The molecule has 0 bridgehead atoms. The van der Waals surface area contributed by atoms with E-state index in [1.807, 2.05) is 36.4 Å². The summed E-state index contributed by atoms with van der Waals surface area (Å²) < 4.78 is 17.7. The van der Waals surface area contributed by atoms with Gasteiger partial charge in [-0.1, -0.05) is 29.5 Å². The third kappa shape index (κ3) is 2.47. The Hall–Kier alpha value is -2.80. The number of ether oxygens (including phenoxy) is 3. The van der Waals surface area contributed by atoms with Crippen LogP contribution in [0.3, 0.4) is 0 Å². The van der Waals surface area contributed by atoms with E-state index in [-0.39, 0.29) is 11.8 Å². The van der Waals surface area contributed by atoms with E-state index in [9.17, 15) is 4.79 Å². The lowest BCUT2D eigenvalue weighted by Crippen LogP contribution is -2.22. The van der Waals surface area contributed by atoms with Gasteiger partial charge in [-0.25, -0.2) is 4.98 Å². The predicted molar refractivity (Wildman–Crippen MR) is 93.9 cm³/mol. The Morgan fingerprint density at radius 2 is 1.88 bits per heavy atom. The fraction of sp³-hybridized carbons (Fsp3) is 0.222. The first kappa shape index (κ1) is 14.5. The highest BCUT2D eigenvalue weighted by atomic mass is 32.1. The van der Waals surface area contributed by atoms with Gasteiger partial charge in [-0.3, -0.25) is 4.79 Å². The third-order valence-electron chi connectivity index (χ3n) is 4.30. The molecule has 1 aromatic heterocycles. The fourth-order valence-corrected chi connectivity index (χ4v) is 3.97. The number of nitrogens with one attached hydrogen (secondary N) is 1. The number of rotatable bonds is 2. The SMILES string of the molecule is O=C(Nc1nc2cc3c(cc2s1)OCCO3)C1COc2ccccc21. The second-order valence-electron chi connectivity index (χ2n) is 5.87. The maximum Gasteiger partial charge on any atom is 0.237 e. The summed E-state index contributed by atoms with van der Waals surface area (Å²) in [7, 11) is 0. The van der Waals surface area contributed by atoms with Crippen LogP contribution in [0.15, 0.2) is 36.4 Å². The van der Waals surface area contributed by atoms with E-state index in [1.165, 1.54) is 11.3 Å². The Morgan fingerprint density at radius 3 is 2.76 bits per heavy atom. The van der Waals surface area contributed by atoms with Crippen LogP contribution in [0.4, 0.5) is 5.13 Å². The van der Waals surface area contributed by atoms with Gasteiger partial charge >= 0.3 is 0 Å². The Labute approximate surface area is 147 Å². The van der Waals surface area contributed by atoms with Crippen molar-refractivity contribution in [3.63, 3.8) is 0 Å². The molecule has 2 aromatic carbocycles. The van der Waals surface area contributed by atoms with Gasteiger partial charge < -0.3 is 19.5 Å². The second-order valence-corrected chi connectivity index (χ2v) is 6.90. The number of nitrogens with zero attached hydrogens (tertiary/aromatic N) is 1. The van der Waals surface area contributed by atoms with Crippen molar-refractivity contribution in [2.75, 3.05) is 25.1 Å². The average Bonchev–Trinajstić information content (AvgIpc) is 3.22. The normalized spacial score (nSPS) is 17.8. The average molecular weight is 354 g/mol. The number of para-hydroxylation sites is 1. The third-order valence-corrected chi connectivity index (χ3v) is 5.23. The first-order valence-electron chi connectivity index (χ1n) is 8.01. The first-order valence-corrected chi connectivity index (χ1v) is 8.82. The molecule has 126 valence electrons. The summed E-state index contributed by atoms with van der Waals surface area (Å²) in [4.78, 5) is 17.1. The molecule has 0 saturated carbocycles. The fourth-order valence-electron chi connectivity index (χ4n) is 3.09. The van der Waals surface area contributed by atoms with Crippen LogP contribution >= 0.6 is 11.3 Å². The molecule has 0 saturated heterocycles. The van der Waals surface area contributed by atoms with Gasteiger partial charge in [-0.2, -0.15) is 0 Å². The number of thiazole rings is 1. The van der Waals surface area contributed by atoms with Crippen LogP contribution in [0.25, 0.3) is 10.2 Å². The summed E-state index contributed by atoms with van der Waals surface area (Å²) >= 11 is 1.42. The van der Waals surface area contributed by atoms with Gasteiger partial charge in [-0.05, 0) is 6.07 Å². The zero-order valence-corrected chi connectivity index (χ0v) is 14.0. The minimum absolute atomic E-state index is 0.110. The quantitative estimate of drug-likeness (QED) is 0.765. The largest absolute Gasteiger partial charge is 0.492 e. The molecule has 0 aliphatic carbocycles. The topological polar surface area (TPSA) is 69.7 Å². The minimum atomic E-state index is -0.317. The summed E-state index contributed by atoms with van der Waals surface area (Å²) in [6, 6.07) is 11.4. The van der Waals surface area contributed by atoms with E-state index in [4.69, 9.17) is 14.2 Å². The van der Waals surface area contributed by atoms with Crippen LogP contribution in [-0.4, -0.2) is 30.7 Å². The molecule has 0 radical (unpaired) electrons. The first-order chi connectivity index (χ1) is 12.3. The molecule has 25 heavy (non-hydrogen) atoms. The number of benzene rings is 2. The molecular formula is C18H14N2O4S. The van der Waals surface area contributed by atoms with Crippen molar-refractivity contribution in [3.8, 4) is 17.2 Å². The number of aromatic nitrogens is 1. The van der Waals surface area contributed by atoms with Gasteiger partial charge in [0.05, 0.1) is 10.2 Å². The standard InChI is InChI=1S/C18H14N2O4S/c21-17(11-9-24-13-4-2-1-3-10(11)13)20-18-19-12-7-14-15(8-16(12)25-18)23-6-5-22-14/h1-4,7-8,11H,5-6,9H2,(H,19,20,21). The molecule has 7 heteroatoms. The Bertz CT molecular complexity index is 941. The number of hydrogen-bond acceptors (Lipinski definition) is 6. The van der Waals surface area contributed by atoms with Gasteiger partial charge in [0, 0.05) is 17.7 Å². The van der Waals surface area contributed by atoms with Gasteiger partial charge in [-0.15, -0.1) is 0 Å². The number of fused-ring (bicyclic) bond motifs is 3. The van der Waals surface area contributed by atoms with Crippen molar-refractivity contribution < 1.29 is 19.0 Å². The highest BCUT2D eigenvalue weighted by Crippen LogP contribution is 2.39. The van der Waals surface area contributed by atoms with Crippen molar-refractivity contribution in [3.05, 3.63) is 42.0 Å². The molecule has 3 heterocycles. The van der Waals surface area contributed by atoms with Crippen LogP contribution < -0.4 is 19.5 Å². The van der Waals surface area contributed by atoms with Gasteiger partial charge in [0.15, 0.2) is 16.6 Å². The van der Waals surface area contributed by atoms with Crippen molar-refractivity contribution in [1.82, 2.24) is 4.98 Å². The van der Waals surface area contributed by atoms with Crippen molar-refractivity contribution in [2.45, 2.75) is 5.92 Å². The molecule has 3 aromatic rings. The minimum Gasteiger partial charge on any atom is -0.492 e. The molecule has 6 nitrogen and oxygen atoms in total. The molecule has 5 rings (SSSR count). The lowest BCUT2D eigenvalue weighted by atomic mass is 10.0. The monoisotopic (exact) mass is 354 g/mol. The highest BCUT2D eigenvalue weighted by molar-refractivity contribution is 7.22. The molecule has 1 unspecified atom stereocenters. The summed E-state index contributed by atoms with van der Waals surface area (Å²) in [5.41, 5.74) is 1.70. The van der Waals surface area contributed by atoms with Gasteiger partial charge in [0.2, 0.25) is 5.91 Å². The molecule has 2 aliphatic heterocycles. The number of amides is 1. The maximum atomic E-state index is 12.6. The lowest BCUT2D eigenvalue weighted by Gasteiger charge is -2.17. The van der Waals surface area contributed by atoms with Crippen molar-refractivity contribution >= 4 is 32.6 Å². The number of hydrogen-bond donors (Lipinski definition) is 1. The molecular weight excluding hydrogens is 340 g/mol. The van der Waals surface area contributed by atoms with Crippen LogP contribution in [0.2, 0.25) is 0 Å². The van der Waals surface area contributed by atoms with E-state index >= 15 is 0 Å². The van der Waals surface area contributed by atoms with Crippen LogP contribution in [0.1, 0.15) is 11.5 Å². The zero-order chi connectivity index (χ0) is 16.8. The second kappa shape index (κ2) is 5.63.